The zero-order valence-corrected chi connectivity index (χ0v) is 6.29. The van der Waals surface area contributed by atoms with Gasteiger partial charge in [-0.15, -0.1) is 0 Å². The standard InChI is InChI=1S/C9H7FN2/c10-9-6-11-8-4-2-1-3-7(8)5-12-9/h1-6,11H. The van der Waals surface area contributed by atoms with E-state index < -0.39 is 5.95 Å². The van der Waals surface area contributed by atoms with Crippen LogP contribution in [0.3, 0.4) is 0 Å². The van der Waals surface area contributed by atoms with Crippen LogP contribution in [0.15, 0.2) is 41.4 Å². The van der Waals surface area contributed by atoms with E-state index in [1.165, 1.54) is 12.4 Å². The predicted octanol–water partition coefficient (Wildman–Crippen LogP) is 2.30. The molecule has 2 nitrogen and oxygen atoms in total. The van der Waals surface area contributed by atoms with E-state index in [4.69, 9.17) is 0 Å². The average Bonchev–Trinajstić information content (AvgIpc) is 2.29. The summed E-state index contributed by atoms with van der Waals surface area (Å²) in [5.74, 6) is -0.508. The molecule has 0 saturated carbocycles. The first-order valence-electron chi connectivity index (χ1n) is 3.61. The van der Waals surface area contributed by atoms with Crippen molar-refractivity contribution in [2.75, 3.05) is 5.32 Å². The molecule has 0 fully saturated rings. The molecule has 0 unspecified atom stereocenters. The fraction of sp³-hybridized carbons (Fsp3) is 0. The first kappa shape index (κ1) is 7.03. The van der Waals surface area contributed by atoms with Crippen LogP contribution in [0.4, 0.5) is 10.1 Å². The van der Waals surface area contributed by atoms with Crippen LogP contribution >= 0.6 is 0 Å². The van der Waals surface area contributed by atoms with Crippen LogP contribution in [0.25, 0.3) is 0 Å². The van der Waals surface area contributed by atoms with Crippen LogP contribution in [0.5, 0.6) is 0 Å². The molecule has 0 aliphatic carbocycles. The number of aliphatic imine (C=N–C) groups is 1. The lowest BCUT2D eigenvalue weighted by atomic mass is 10.2. The molecule has 60 valence electrons. The Morgan fingerprint density at radius 2 is 2.08 bits per heavy atom. The predicted molar refractivity (Wildman–Crippen MR) is 46.8 cm³/mol. The quantitative estimate of drug-likeness (QED) is 0.581. The molecule has 0 aromatic heterocycles. The molecule has 1 aliphatic rings. The first-order valence-corrected chi connectivity index (χ1v) is 3.61. The highest BCUT2D eigenvalue weighted by atomic mass is 19.1. The van der Waals surface area contributed by atoms with Gasteiger partial charge in [0.2, 0.25) is 5.95 Å². The summed E-state index contributed by atoms with van der Waals surface area (Å²) in [7, 11) is 0. The van der Waals surface area contributed by atoms with Crippen molar-refractivity contribution in [3.05, 3.63) is 42.0 Å². The van der Waals surface area contributed by atoms with E-state index in [0.29, 0.717) is 0 Å². The second-order valence-corrected chi connectivity index (χ2v) is 2.46. The van der Waals surface area contributed by atoms with Crippen LogP contribution in [-0.2, 0) is 0 Å². The Labute approximate surface area is 69.4 Å². The Morgan fingerprint density at radius 1 is 1.25 bits per heavy atom. The maximum absolute atomic E-state index is 12.6. The van der Waals surface area contributed by atoms with Crippen LogP contribution < -0.4 is 5.32 Å². The lowest BCUT2D eigenvalue weighted by molar-refractivity contribution is 0.628. The van der Waals surface area contributed by atoms with E-state index in [0.717, 1.165) is 11.3 Å². The second-order valence-electron chi connectivity index (χ2n) is 2.46. The zero-order valence-electron chi connectivity index (χ0n) is 6.29. The number of hydrogen-bond donors (Lipinski definition) is 1. The molecule has 0 radical (unpaired) electrons. The van der Waals surface area contributed by atoms with E-state index >= 15 is 0 Å². The second kappa shape index (κ2) is 2.77. The fourth-order valence-electron chi connectivity index (χ4n) is 1.05. The number of para-hydroxylation sites is 1. The highest BCUT2D eigenvalue weighted by Gasteiger charge is 2.01. The summed E-state index contributed by atoms with van der Waals surface area (Å²) < 4.78 is 12.6. The average molecular weight is 162 g/mol. The molecule has 1 heterocycles. The monoisotopic (exact) mass is 162 g/mol. The van der Waals surface area contributed by atoms with E-state index in [2.05, 4.69) is 10.3 Å². The van der Waals surface area contributed by atoms with Crippen molar-refractivity contribution in [3.8, 4) is 0 Å². The Bertz CT molecular complexity index is 355. The molecule has 0 amide bonds. The van der Waals surface area contributed by atoms with Crippen molar-refractivity contribution in [1.82, 2.24) is 0 Å². The molecule has 2 rings (SSSR count). The minimum Gasteiger partial charge on any atom is -0.357 e. The van der Waals surface area contributed by atoms with Crippen LogP contribution in [0.2, 0.25) is 0 Å². The topological polar surface area (TPSA) is 24.4 Å². The number of benzene rings is 1. The number of nitrogens with one attached hydrogen (secondary N) is 1. The lowest BCUT2D eigenvalue weighted by Gasteiger charge is -2.00. The van der Waals surface area contributed by atoms with Gasteiger partial charge < -0.3 is 5.32 Å². The van der Waals surface area contributed by atoms with Gasteiger partial charge in [-0.25, -0.2) is 4.99 Å². The molecular weight excluding hydrogens is 155 g/mol. The third-order valence-corrected chi connectivity index (χ3v) is 1.63. The van der Waals surface area contributed by atoms with Crippen LogP contribution in [0, 0.1) is 0 Å². The van der Waals surface area contributed by atoms with Crippen molar-refractivity contribution in [3.63, 3.8) is 0 Å². The minimum atomic E-state index is -0.508. The van der Waals surface area contributed by atoms with E-state index in [1.807, 2.05) is 24.3 Å². The molecule has 1 N–H and O–H groups in total. The summed E-state index contributed by atoms with van der Waals surface area (Å²) in [5, 5.41) is 2.81. The van der Waals surface area contributed by atoms with Gasteiger partial charge in [0.15, 0.2) is 0 Å². The first-order chi connectivity index (χ1) is 5.86. The maximum atomic E-state index is 12.6. The summed E-state index contributed by atoms with van der Waals surface area (Å²) in [6.45, 7) is 0. The highest BCUT2D eigenvalue weighted by Crippen LogP contribution is 2.16. The number of fused-ring (bicyclic) bond motifs is 1. The SMILES string of the molecule is FC1=CNc2ccccc2C=N1. The molecule has 0 saturated heterocycles. The molecule has 0 bridgehead atoms. The van der Waals surface area contributed by atoms with Crippen LogP contribution in [0.1, 0.15) is 5.56 Å². The Balaban J connectivity index is 2.48. The molecule has 1 aromatic carbocycles. The normalized spacial score (nSPS) is 14.2. The van der Waals surface area contributed by atoms with Gasteiger partial charge in [-0.1, -0.05) is 18.2 Å². The Kier molecular flexibility index (Phi) is 1.63. The summed E-state index contributed by atoms with van der Waals surface area (Å²) in [4.78, 5) is 3.57. The molecule has 12 heavy (non-hydrogen) atoms. The zero-order chi connectivity index (χ0) is 8.39. The van der Waals surface area contributed by atoms with Crippen molar-refractivity contribution in [2.24, 2.45) is 4.99 Å². The summed E-state index contributed by atoms with van der Waals surface area (Å²) >= 11 is 0. The van der Waals surface area contributed by atoms with Gasteiger partial charge >= 0.3 is 0 Å². The summed E-state index contributed by atoms with van der Waals surface area (Å²) in [6, 6.07) is 7.52. The fourth-order valence-corrected chi connectivity index (χ4v) is 1.05. The van der Waals surface area contributed by atoms with Gasteiger partial charge in [0.05, 0.1) is 6.20 Å². The van der Waals surface area contributed by atoms with Crippen molar-refractivity contribution in [2.45, 2.75) is 0 Å². The lowest BCUT2D eigenvalue weighted by Crippen LogP contribution is -1.90. The number of halogens is 1. The van der Waals surface area contributed by atoms with Gasteiger partial charge in [0.1, 0.15) is 0 Å². The number of nitrogens with zero attached hydrogens (tertiary/aromatic N) is 1. The highest BCUT2D eigenvalue weighted by molar-refractivity contribution is 5.89. The molecule has 0 spiro atoms. The molecular formula is C9H7FN2. The van der Waals surface area contributed by atoms with E-state index in [-0.39, 0.29) is 0 Å². The minimum absolute atomic E-state index is 0.508. The van der Waals surface area contributed by atoms with Gasteiger partial charge in [-0.2, -0.15) is 4.39 Å². The number of hydrogen-bond acceptors (Lipinski definition) is 2. The van der Waals surface area contributed by atoms with Gasteiger partial charge in [0, 0.05) is 17.5 Å². The Morgan fingerprint density at radius 3 is 3.00 bits per heavy atom. The van der Waals surface area contributed by atoms with Crippen molar-refractivity contribution in [1.29, 1.82) is 0 Å². The van der Waals surface area contributed by atoms with E-state index in [9.17, 15) is 4.39 Å². The molecule has 1 aromatic rings. The third kappa shape index (κ3) is 1.21. The van der Waals surface area contributed by atoms with Crippen LogP contribution in [-0.4, -0.2) is 6.21 Å². The maximum Gasteiger partial charge on any atom is 0.228 e. The summed E-state index contributed by atoms with van der Waals surface area (Å²) in [5.41, 5.74) is 1.76. The van der Waals surface area contributed by atoms with Crippen molar-refractivity contribution < 1.29 is 4.39 Å². The van der Waals surface area contributed by atoms with Gasteiger partial charge in [-0.05, 0) is 6.07 Å². The third-order valence-electron chi connectivity index (χ3n) is 1.63. The molecule has 1 aliphatic heterocycles. The summed E-state index contributed by atoms with van der Waals surface area (Å²) in [6.07, 6.45) is 2.74. The van der Waals surface area contributed by atoms with E-state index in [1.54, 1.807) is 0 Å². The van der Waals surface area contributed by atoms with Crippen molar-refractivity contribution >= 4 is 11.9 Å². The number of anilines is 1. The van der Waals surface area contributed by atoms with Gasteiger partial charge in [-0.3, -0.25) is 0 Å². The number of rotatable bonds is 0. The largest absolute Gasteiger partial charge is 0.357 e. The van der Waals surface area contributed by atoms with Gasteiger partial charge in [0.25, 0.3) is 0 Å². The Hall–Kier alpha value is -1.64. The smallest absolute Gasteiger partial charge is 0.228 e. The molecule has 0 atom stereocenters. The molecule has 3 heteroatoms.